The van der Waals surface area contributed by atoms with Gasteiger partial charge in [-0.25, -0.2) is 4.40 Å². The summed E-state index contributed by atoms with van der Waals surface area (Å²) in [7, 11) is 0. The van der Waals surface area contributed by atoms with Crippen LogP contribution in [0.2, 0.25) is 0 Å². The molecule has 4 rings (SSSR count). The third-order valence-electron chi connectivity index (χ3n) is 6.45. The fourth-order valence-corrected chi connectivity index (χ4v) is 4.58. The van der Waals surface area contributed by atoms with Crippen LogP contribution in [0.15, 0.2) is 40.8 Å². The minimum absolute atomic E-state index is 0.118. The molecular formula is C24H25N5O. The van der Waals surface area contributed by atoms with E-state index in [0.29, 0.717) is 17.0 Å². The highest BCUT2D eigenvalue weighted by molar-refractivity contribution is 5.72. The number of likely N-dealkylation sites (N-methyl/N-ethyl adjacent to an activating group) is 1. The lowest BCUT2D eigenvalue weighted by Crippen LogP contribution is -2.29. The number of allylic oxidation sites excluding steroid dienone is 2. The van der Waals surface area contributed by atoms with Gasteiger partial charge in [0.15, 0.2) is 5.65 Å². The number of rotatable bonds is 3. The first-order valence-corrected chi connectivity index (χ1v) is 10.3. The Morgan fingerprint density at radius 3 is 2.57 bits per heavy atom. The lowest BCUT2D eigenvalue weighted by atomic mass is 9.79. The van der Waals surface area contributed by atoms with Gasteiger partial charge in [-0.3, -0.25) is 4.79 Å². The monoisotopic (exact) mass is 399 g/mol. The Morgan fingerprint density at radius 2 is 1.90 bits per heavy atom. The largest absolute Gasteiger partial charge is 0.344 e. The van der Waals surface area contributed by atoms with Gasteiger partial charge < -0.3 is 4.90 Å². The first-order chi connectivity index (χ1) is 14.4. The highest BCUT2D eigenvalue weighted by atomic mass is 16.1. The summed E-state index contributed by atoms with van der Waals surface area (Å²) >= 11 is 0. The molecule has 0 saturated heterocycles. The molecule has 0 N–H and O–H groups in total. The number of nitriles is 1. The van der Waals surface area contributed by atoms with Crippen molar-refractivity contribution in [3.05, 3.63) is 74.1 Å². The predicted octanol–water partition coefficient (Wildman–Crippen LogP) is 3.17. The van der Waals surface area contributed by atoms with Crippen molar-refractivity contribution in [2.24, 2.45) is 0 Å². The van der Waals surface area contributed by atoms with E-state index in [-0.39, 0.29) is 16.5 Å². The Morgan fingerprint density at radius 1 is 1.17 bits per heavy atom. The number of hydrogen-bond donors (Lipinski definition) is 0. The zero-order chi connectivity index (χ0) is 21.6. The summed E-state index contributed by atoms with van der Waals surface area (Å²) in [6.45, 7) is 11.0. The van der Waals surface area contributed by atoms with E-state index in [0.717, 1.165) is 18.2 Å². The van der Waals surface area contributed by atoms with Crippen LogP contribution < -0.4 is 15.7 Å². The van der Waals surface area contributed by atoms with E-state index < -0.39 is 0 Å². The van der Waals surface area contributed by atoms with E-state index in [1.54, 1.807) is 13.8 Å². The number of aromatic nitrogens is 3. The van der Waals surface area contributed by atoms with Crippen molar-refractivity contribution >= 4 is 17.4 Å². The number of hydrogen-bond acceptors (Lipinski definition) is 5. The van der Waals surface area contributed by atoms with Crippen molar-refractivity contribution < 1.29 is 0 Å². The standard InChI is InChI=1S/C24H25N5O/c1-6-24(5)19-10-8-9-11-20(19)28(7-2)21(24)13-12-17-15(3)18(14-25)23(30)29-16(4)26-27-22(17)29/h8-13H,6-7H2,1-5H3. The molecule has 0 aliphatic carbocycles. The number of benzene rings is 1. The number of nitrogens with zero attached hydrogens (tertiary/aromatic N) is 5. The molecule has 2 aromatic heterocycles. The van der Waals surface area contributed by atoms with E-state index in [4.69, 9.17) is 0 Å². The third kappa shape index (κ3) is 2.58. The molecule has 0 radical (unpaired) electrons. The van der Waals surface area contributed by atoms with Gasteiger partial charge in [0.25, 0.3) is 5.56 Å². The van der Waals surface area contributed by atoms with Crippen LogP contribution in [0, 0.1) is 25.2 Å². The van der Waals surface area contributed by atoms with Gasteiger partial charge in [0.2, 0.25) is 0 Å². The van der Waals surface area contributed by atoms with Crippen LogP contribution in [0.5, 0.6) is 0 Å². The summed E-state index contributed by atoms with van der Waals surface area (Å²) in [6.07, 6.45) is 5.06. The van der Waals surface area contributed by atoms with Gasteiger partial charge in [0, 0.05) is 28.6 Å². The average Bonchev–Trinajstić information content (AvgIpc) is 3.25. The Balaban J connectivity index is 2.03. The minimum atomic E-state index is -0.362. The molecule has 0 amide bonds. The SMILES string of the molecule is CCN1C(=CC=c2c(C)c(C#N)c(=O)n3c(C)nnc23)C(C)(CC)c2ccccc21. The molecule has 1 aliphatic rings. The Labute approximate surface area is 175 Å². The van der Waals surface area contributed by atoms with Crippen LogP contribution in [0.4, 0.5) is 5.69 Å². The van der Waals surface area contributed by atoms with E-state index in [2.05, 4.69) is 72.3 Å². The molecule has 0 spiro atoms. The molecular weight excluding hydrogens is 374 g/mol. The molecule has 6 heteroatoms. The van der Waals surface area contributed by atoms with Crippen LogP contribution in [0.3, 0.4) is 0 Å². The fourth-order valence-electron chi connectivity index (χ4n) is 4.58. The Bertz CT molecular complexity index is 1340. The van der Waals surface area contributed by atoms with Gasteiger partial charge in [-0.05, 0) is 63.5 Å². The summed E-state index contributed by atoms with van der Waals surface area (Å²) in [5.74, 6) is 0.482. The number of fused-ring (bicyclic) bond motifs is 2. The van der Waals surface area contributed by atoms with Gasteiger partial charge in [-0.1, -0.05) is 25.1 Å². The lowest BCUT2D eigenvalue weighted by Gasteiger charge is -2.28. The van der Waals surface area contributed by atoms with Crippen LogP contribution in [0.25, 0.3) is 11.7 Å². The van der Waals surface area contributed by atoms with Crippen LogP contribution in [-0.2, 0) is 5.41 Å². The summed E-state index contributed by atoms with van der Waals surface area (Å²) in [5.41, 5.74) is 4.53. The molecule has 1 aliphatic heterocycles. The van der Waals surface area contributed by atoms with E-state index in [9.17, 15) is 10.1 Å². The van der Waals surface area contributed by atoms with Crippen molar-refractivity contribution in [2.45, 2.75) is 46.5 Å². The van der Waals surface area contributed by atoms with Crippen molar-refractivity contribution in [1.29, 1.82) is 5.26 Å². The maximum atomic E-state index is 12.7. The predicted molar refractivity (Wildman–Crippen MR) is 118 cm³/mol. The zero-order valence-corrected chi connectivity index (χ0v) is 18.0. The van der Waals surface area contributed by atoms with Crippen molar-refractivity contribution in [2.75, 3.05) is 11.4 Å². The van der Waals surface area contributed by atoms with Crippen molar-refractivity contribution in [3.8, 4) is 6.07 Å². The summed E-state index contributed by atoms with van der Waals surface area (Å²) in [6, 6.07) is 10.6. The fraction of sp³-hybridized carbons (Fsp3) is 0.333. The summed E-state index contributed by atoms with van der Waals surface area (Å²) in [5, 5.41) is 18.6. The second-order valence-electron chi connectivity index (χ2n) is 7.90. The van der Waals surface area contributed by atoms with Gasteiger partial charge in [0.1, 0.15) is 17.5 Å². The molecule has 152 valence electrons. The Hall–Kier alpha value is -3.46. The number of aryl methyl sites for hydroxylation is 1. The highest BCUT2D eigenvalue weighted by Gasteiger charge is 2.41. The van der Waals surface area contributed by atoms with Gasteiger partial charge >= 0.3 is 0 Å². The average molecular weight is 399 g/mol. The summed E-state index contributed by atoms with van der Waals surface area (Å²) in [4.78, 5) is 15.0. The molecule has 0 fully saturated rings. The van der Waals surface area contributed by atoms with Gasteiger partial charge in [0.05, 0.1) is 0 Å². The first-order valence-electron chi connectivity index (χ1n) is 10.3. The molecule has 3 aromatic rings. The molecule has 0 bridgehead atoms. The molecule has 6 nitrogen and oxygen atoms in total. The van der Waals surface area contributed by atoms with E-state index >= 15 is 0 Å². The van der Waals surface area contributed by atoms with Crippen LogP contribution in [0.1, 0.15) is 49.7 Å². The highest BCUT2D eigenvalue weighted by Crippen LogP contribution is 2.49. The topological polar surface area (TPSA) is 74.3 Å². The minimum Gasteiger partial charge on any atom is -0.344 e. The third-order valence-corrected chi connectivity index (χ3v) is 6.45. The molecule has 3 heterocycles. The van der Waals surface area contributed by atoms with Gasteiger partial charge in [-0.15, -0.1) is 10.2 Å². The number of anilines is 1. The quantitative estimate of drug-likeness (QED) is 0.676. The maximum Gasteiger partial charge on any atom is 0.276 e. The van der Waals surface area contributed by atoms with Crippen LogP contribution in [-0.4, -0.2) is 21.1 Å². The second-order valence-corrected chi connectivity index (χ2v) is 7.90. The summed E-state index contributed by atoms with van der Waals surface area (Å²) < 4.78 is 1.43. The van der Waals surface area contributed by atoms with E-state index in [1.165, 1.54) is 21.3 Å². The molecule has 1 atom stereocenters. The van der Waals surface area contributed by atoms with Crippen LogP contribution >= 0.6 is 0 Å². The van der Waals surface area contributed by atoms with Crippen molar-refractivity contribution in [1.82, 2.24) is 14.6 Å². The number of pyridine rings is 1. The number of para-hydroxylation sites is 1. The first kappa shape index (κ1) is 19.8. The normalized spacial score (nSPS) is 20.2. The van der Waals surface area contributed by atoms with Gasteiger partial charge in [-0.2, -0.15) is 5.26 Å². The maximum absolute atomic E-state index is 12.7. The molecule has 30 heavy (non-hydrogen) atoms. The molecule has 1 aromatic carbocycles. The van der Waals surface area contributed by atoms with E-state index in [1.807, 2.05) is 6.08 Å². The molecule has 0 saturated carbocycles. The Kier molecular flexibility index (Phi) is 4.70. The molecule has 1 unspecified atom stereocenters. The van der Waals surface area contributed by atoms with Crippen molar-refractivity contribution in [3.63, 3.8) is 0 Å². The lowest BCUT2D eigenvalue weighted by molar-refractivity contribution is 0.547. The zero-order valence-electron chi connectivity index (χ0n) is 18.0. The second kappa shape index (κ2) is 7.10. The smallest absolute Gasteiger partial charge is 0.276 e.